The summed E-state index contributed by atoms with van der Waals surface area (Å²) in [5.74, 6) is 1.14. The Balaban J connectivity index is 2.27. The van der Waals surface area contributed by atoms with Gasteiger partial charge in [0.05, 0.1) is 11.7 Å². The van der Waals surface area contributed by atoms with Crippen LogP contribution in [0.3, 0.4) is 0 Å². The summed E-state index contributed by atoms with van der Waals surface area (Å²) < 4.78 is 0. The maximum absolute atomic E-state index is 12.1. The quantitative estimate of drug-likeness (QED) is 0.790. The molecule has 1 amide bonds. The molecule has 1 aromatic heterocycles. The predicted octanol–water partition coefficient (Wildman–Crippen LogP) is 1.70. The first-order chi connectivity index (χ1) is 9.49. The smallest absolute Gasteiger partial charge is 0.241 e. The van der Waals surface area contributed by atoms with Crippen molar-refractivity contribution >= 4 is 11.6 Å². The fourth-order valence-electron chi connectivity index (χ4n) is 1.77. The SMILES string of the molecule is Cc1nc(-c2ccccc2NC(=O)C(N)C(C)C)n[nH]1. The second-order valence-electron chi connectivity index (χ2n) is 5.05. The highest BCUT2D eigenvalue weighted by Gasteiger charge is 2.19. The molecule has 2 rings (SSSR count). The van der Waals surface area contributed by atoms with Gasteiger partial charge in [-0.05, 0) is 25.0 Å². The Morgan fingerprint density at radius 2 is 2.05 bits per heavy atom. The standard InChI is InChI=1S/C14H19N5O/c1-8(2)12(15)14(20)17-11-7-5-4-6-10(11)13-16-9(3)18-19-13/h4-8,12H,15H2,1-3H3,(H,17,20)(H,16,18,19). The number of anilines is 1. The lowest BCUT2D eigenvalue weighted by atomic mass is 10.0. The summed E-state index contributed by atoms with van der Waals surface area (Å²) in [6, 6.07) is 6.85. The Hall–Kier alpha value is -2.21. The Morgan fingerprint density at radius 3 is 2.65 bits per heavy atom. The molecular weight excluding hydrogens is 254 g/mol. The number of carbonyl (C=O) groups excluding carboxylic acids is 1. The summed E-state index contributed by atoms with van der Waals surface area (Å²) in [6.45, 7) is 5.65. The van der Waals surface area contributed by atoms with Gasteiger partial charge in [-0.15, -0.1) is 0 Å². The number of nitrogens with zero attached hydrogens (tertiary/aromatic N) is 2. The molecule has 1 heterocycles. The van der Waals surface area contributed by atoms with Gasteiger partial charge in [0, 0.05) is 5.56 Å². The van der Waals surface area contributed by atoms with Gasteiger partial charge in [0.15, 0.2) is 5.82 Å². The molecule has 0 saturated heterocycles. The van der Waals surface area contributed by atoms with Crippen molar-refractivity contribution in [2.75, 3.05) is 5.32 Å². The largest absolute Gasteiger partial charge is 0.324 e. The number of rotatable bonds is 4. The molecule has 0 aliphatic heterocycles. The Bertz CT molecular complexity index is 605. The van der Waals surface area contributed by atoms with E-state index in [1.165, 1.54) is 0 Å². The third-order valence-corrected chi connectivity index (χ3v) is 3.04. The molecule has 1 aromatic carbocycles. The minimum absolute atomic E-state index is 0.0768. The summed E-state index contributed by atoms with van der Waals surface area (Å²) in [5.41, 5.74) is 7.28. The number of aromatic amines is 1. The van der Waals surface area contributed by atoms with E-state index in [0.29, 0.717) is 11.5 Å². The molecule has 106 valence electrons. The van der Waals surface area contributed by atoms with Crippen LogP contribution in [0, 0.1) is 12.8 Å². The van der Waals surface area contributed by atoms with Gasteiger partial charge in [-0.25, -0.2) is 4.98 Å². The maximum Gasteiger partial charge on any atom is 0.241 e. The second-order valence-corrected chi connectivity index (χ2v) is 5.05. The van der Waals surface area contributed by atoms with Crippen molar-refractivity contribution in [3.63, 3.8) is 0 Å². The minimum Gasteiger partial charge on any atom is -0.324 e. The van der Waals surface area contributed by atoms with Crippen molar-refractivity contribution in [3.8, 4) is 11.4 Å². The van der Waals surface area contributed by atoms with Crippen LogP contribution in [0.2, 0.25) is 0 Å². The predicted molar refractivity (Wildman–Crippen MR) is 78.0 cm³/mol. The third kappa shape index (κ3) is 3.03. The van der Waals surface area contributed by atoms with Gasteiger partial charge in [0.1, 0.15) is 5.82 Å². The number of nitrogens with one attached hydrogen (secondary N) is 2. The first-order valence-corrected chi connectivity index (χ1v) is 6.54. The van der Waals surface area contributed by atoms with Gasteiger partial charge < -0.3 is 11.1 Å². The molecule has 2 aromatic rings. The molecule has 0 aliphatic rings. The summed E-state index contributed by atoms with van der Waals surface area (Å²) in [5, 5.41) is 9.75. The van der Waals surface area contributed by atoms with Crippen LogP contribution < -0.4 is 11.1 Å². The zero-order valence-electron chi connectivity index (χ0n) is 11.8. The zero-order valence-corrected chi connectivity index (χ0v) is 11.8. The average Bonchev–Trinajstić information content (AvgIpc) is 2.84. The number of nitrogens with two attached hydrogens (primary N) is 1. The second kappa shape index (κ2) is 5.83. The fourth-order valence-corrected chi connectivity index (χ4v) is 1.77. The number of aryl methyl sites for hydroxylation is 1. The van der Waals surface area contributed by atoms with Crippen molar-refractivity contribution < 1.29 is 4.79 Å². The summed E-state index contributed by atoms with van der Waals surface area (Å²) in [7, 11) is 0. The van der Waals surface area contributed by atoms with E-state index < -0.39 is 6.04 Å². The number of amides is 1. The van der Waals surface area contributed by atoms with Gasteiger partial charge in [-0.3, -0.25) is 9.89 Å². The van der Waals surface area contributed by atoms with E-state index in [9.17, 15) is 4.79 Å². The molecule has 0 fully saturated rings. The number of hydrogen-bond acceptors (Lipinski definition) is 4. The normalized spacial score (nSPS) is 12.4. The highest BCUT2D eigenvalue weighted by molar-refractivity contribution is 5.97. The van der Waals surface area contributed by atoms with Crippen LogP contribution in [0.4, 0.5) is 5.69 Å². The Labute approximate surface area is 117 Å². The van der Waals surface area contributed by atoms with E-state index in [1.807, 2.05) is 45.0 Å². The van der Waals surface area contributed by atoms with Crippen LogP contribution in [0.1, 0.15) is 19.7 Å². The molecule has 0 saturated carbocycles. The van der Waals surface area contributed by atoms with Gasteiger partial charge in [0.2, 0.25) is 5.91 Å². The summed E-state index contributed by atoms with van der Waals surface area (Å²) in [4.78, 5) is 16.3. The highest BCUT2D eigenvalue weighted by atomic mass is 16.2. The average molecular weight is 273 g/mol. The monoisotopic (exact) mass is 273 g/mol. The molecule has 0 spiro atoms. The third-order valence-electron chi connectivity index (χ3n) is 3.04. The molecule has 0 bridgehead atoms. The van der Waals surface area contributed by atoms with Crippen LogP contribution in [0.5, 0.6) is 0 Å². The van der Waals surface area contributed by atoms with Crippen LogP contribution in [-0.2, 0) is 4.79 Å². The minimum atomic E-state index is -0.545. The first-order valence-electron chi connectivity index (χ1n) is 6.54. The number of benzene rings is 1. The zero-order chi connectivity index (χ0) is 14.7. The molecule has 0 radical (unpaired) electrons. The van der Waals surface area contributed by atoms with Crippen molar-refractivity contribution in [1.29, 1.82) is 0 Å². The van der Waals surface area contributed by atoms with E-state index >= 15 is 0 Å². The maximum atomic E-state index is 12.1. The number of hydrogen-bond donors (Lipinski definition) is 3. The van der Waals surface area contributed by atoms with Crippen molar-refractivity contribution in [1.82, 2.24) is 15.2 Å². The fraction of sp³-hybridized carbons (Fsp3) is 0.357. The molecule has 0 aliphatic carbocycles. The Kier molecular flexibility index (Phi) is 4.14. The lowest BCUT2D eigenvalue weighted by molar-refractivity contribution is -0.118. The number of carbonyl (C=O) groups is 1. The van der Waals surface area contributed by atoms with Crippen molar-refractivity contribution in [3.05, 3.63) is 30.1 Å². The Morgan fingerprint density at radius 1 is 1.35 bits per heavy atom. The van der Waals surface area contributed by atoms with E-state index in [4.69, 9.17) is 5.73 Å². The van der Waals surface area contributed by atoms with Gasteiger partial charge >= 0.3 is 0 Å². The van der Waals surface area contributed by atoms with Crippen LogP contribution in [0.25, 0.3) is 11.4 Å². The lowest BCUT2D eigenvalue weighted by Crippen LogP contribution is -2.39. The molecular formula is C14H19N5O. The van der Waals surface area contributed by atoms with Crippen LogP contribution >= 0.6 is 0 Å². The molecule has 6 nitrogen and oxygen atoms in total. The van der Waals surface area contributed by atoms with E-state index in [-0.39, 0.29) is 11.8 Å². The molecule has 6 heteroatoms. The number of aromatic nitrogens is 3. The topological polar surface area (TPSA) is 96.7 Å². The summed E-state index contributed by atoms with van der Waals surface area (Å²) >= 11 is 0. The van der Waals surface area contributed by atoms with E-state index in [1.54, 1.807) is 0 Å². The molecule has 1 unspecified atom stereocenters. The van der Waals surface area contributed by atoms with Gasteiger partial charge in [0.25, 0.3) is 0 Å². The summed E-state index contributed by atoms with van der Waals surface area (Å²) in [6.07, 6.45) is 0. The number of H-pyrrole nitrogens is 1. The number of para-hydroxylation sites is 1. The molecule has 1 atom stereocenters. The van der Waals surface area contributed by atoms with E-state index in [2.05, 4.69) is 20.5 Å². The molecule has 4 N–H and O–H groups in total. The first kappa shape index (κ1) is 14.2. The van der Waals surface area contributed by atoms with Crippen molar-refractivity contribution in [2.45, 2.75) is 26.8 Å². The molecule has 20 heavy (non-hydrogen) atoms. The van der Waals surface area contributed by atoms with E-state index in [0.717, 1.165) is 11.4 Å². The van der Waals surface area contributed by atoms with Crippen LogP contribution in [-0.4, -0.2) is 27.1 Å². The van der Waals surface area contributed by atoms with Crippen LogP contribution in [0.15, 0.2) is 24.3 Å². The van der Waals surface area contributed by atoms with Crippen molar-refractivity contribution in [2.24, 2.45) is 11.7 Å². The lowest BCUT2D eigenvalue weighted by Gasteiger charge is -2.16. The highest BCUT2D eigenvalue weighted by Crippen LogP contribution is 2.25. The van der Waals surface area contributed by atoms with Gasteiger partial charge in [-0.2, -0.15) is 5.10 Å². The van der Waals surface area contributed by atoms with Gasteiger partial charge in [-0.1, -0.05) is 26.0 Å².